The number of aryl methyl sites for hydroxylation is 1. The lowest BCUT2D eigenvalue weighted by atomic mass is 10.1. The summed E-state index contributed by atoms with van der Waals surface area (Å²) >= 11 is 5.81. The predicted octanol–water partition coefficient (Wildman–Crippen LogP) is 3.65. The molecule has 0 saturated carbocycles. The summed E-state index contributed by atoms with van der Waals surface area (Å²) in [6, 6.07) is 10.7. The molecule has 0 unspecified atom stereocenters. The van der Waals surface area contributed by atoms with Crippen molar-refractivity contribution >= 4 is 33.3 Å². The van der Waals surface area contributed by atoms with Crippen molar-refractivity contribution in [2.75, 3.05) is 18.0 Å². The number of halogens is 1. The first kappa shape index (κ1) is 18.3. The Morgan fingerprint density at radius 2 is 1.79 bits per heavy atom. The summed E-state index contributed by atoms with van der Waals surface area (Å²) in [6.07, 6.45) is 0. The molecule has 0 radical (unpaired) electrons. The van der Waals surface area contributed by atoms with Crippen LogP contribution in [0.3, 0.4) is 0 Å². The highest BCUT2D eigenvalue weighted by Gasteiger charge is 2.23. The van der Waals surface area contributed by atoms with Gasteiger partial charge in [0.2, 0.25) is 0 Å². The van der Waals surface area contributed by atoms with Gasteiger partial charge in [0, 0.05) is 12.1 Å². The number of carbonyl (C=O) groups is 1. The monoisotopic (exact) mass is 367 g/mol. The maximum atomic E-state index is 12.8. The van der Waals surface area contributed by atoms with Crippen molar-refractivity contribution in [3.05, 3.63) is 58.6 Å². The van der Waals surface area contributed by atoms with Gasteiger partial charge in [-0.15, -0.1) is 0 Å². The van der Waals surface area contributed by atoms with E-state index in [0.717, 1.165) is 9.87 Å². The second-order valence-electron chi connectivity index (χ2n) is 5.15. The van der Waals surface area contributed by atoms with Crippen LogP contribution in [0.15, 0.2) is 47.4 Å². The number of hydrogen-bond donors (Lipinski definition) is 0. The van der Waals surface area contributed by atoms with Gasteiger partial charge in [-0.1, -0.05) is 17.7 Å². The number of nitrogens with zero attached hydrogens (tertiary/aromatic N) is 1. The normalized spacial score (nSPS) is 11.2. The molecule has 2 rings (SSSR count). The first-order valence-electron chi connectivity index (χ1n) is 7.29. The third kappa shape index (κ3) is 3.71. The fraction of sp³-hybridized carbons (Fsp3) is 0.235. The zero-order valence-corrected chi connectivity index (χ0v) is 15.2. The highest BCUT2D eigenvalue weighted by Crippen LogP contribution is 2.27. The molecule has 0 atom stereocenters. The highest BCUT2D eigenvalue weighted by molar-refractivity contribution is 7.92. The Morgan fingerprint density at radius 1 is 1.17 bits per heavy atom. The molecule has 0 N–H and O–H groups in total. The second kappa shape index (κ2) is 7.23. The fourth-order valence-corrected chi connectivity index (χ4v) is 3.56. The van der Waals surface area contributed by atoms with Crippen LogP contribution >= 0.6 is 11.6 Å². The fourth-order valence-electron chi connectivity index (χ4n) is 2.18. The van der Waals surface area contributed by atoms with Gasteiger partial charge in [-0.25, -0.2) is 13.2 Å². The van der Waals surface area contributed by atoms with Gasteiger partial charge >= 0.3 is 5.97 Å². The third-order valence-electron chi connectivity index (χ3n) is 3.53. The van der Waals surface area contributed by atoms with Crippen LogP contribution in [-0.4, -0.2) is 28.0 Å². The van der Waals surface area contributed by atoms with E-state index in [1.165, 1.54) is 37.4 Å². The van der Waals surface area contributed by atoms with Crippen LogP contribution in [0.2, 0.25) is 5.02 Å². The maximum Gasteiger partial charge on any atom is 0.338 e. The summed E-state index contributed by atoms with van der Waals surface area (Å²) in [6.45, 7) is 3.74. The van der Waals surface area contributed by atoms with E-state index in [-0.39, 0.29) is 11.5 Å². The van der Waals surface area contributed by atoms with Gasteiger partial charge in [0.1, 0.15) is 0 Å². The molecule has 0 heterocycles. The molecule has 0 aliphatic carbocycles. The lowest BCUT2D eigenvalue weighted by molar-refractivity contribution is 0.0526. The molecule has 128 valence electrons. The zero-order valence-electron chi connectivity index (χ0n) is 13.6. The number of rotatable bonds is 5. The van der Waals surface area contributed by atoms with Crippen LogP contribution in [-0.2, 0) is 14.8 Å². The molecule has 0 bridgehead atoms. The van der Waals surface area contributed by atoms with Gasteiger partial charge in [-0.3, -0.25) is 4.31 Å². The van der Waals surface area contributed by atoms with Gasteiger partial charge in [0.25, 0.3) is 10.0 Å². The summed E-state index contributed by atoms with van der Waals surface area (Å²) in [7, 11) is -2.32. The summed E-state index contributed by atoms with van der Waals surface area (Å²) in [5.74, 6) is -0.490. The van der Waals surface area contributed by atoms with Crippen molar-refractivity contribution in [1.82, 2.24) is 0 Å². The van der Waals surface area contributed by atoms with Crippen LogP contribution < -0.4 is 4.31 Å². The van der Waals surface area contributed by atoms with Gasteiger partial charge in [0.15, 0.2) is 0 Å². The quantitative estimate of drug-likeness (QED) is 0.757. The average Bonchev–Trinajstić information content (AvgIpc) is 2.55. The van der Waals surface area contributed by atoms with Crippen molar-refractivity contribution in [3.63, 3.8) is 0 Å². The van der Waals surface area contributed by atoms with Crippen LogP contribution in [0.5, 0.6) is 0 Å². The molecule has 5 nitrogen and oxygen atoms in total. The Morgan fingerprint density at radius 3 is 2.38 bits per heavy atom. The van der Waals surface area contributed by atoms with E-state index in [1.807, 2.05) is 0 Å². The van der Waals surface area contributed by atoms with Crippen LogP contribution in [0, 0.1) is 6.92 Å². The summed E-state index contributed by atoms with van der Waals surface area (Å²) in [5.41, 5.74) is 1.44. The second-order valence-corrected chi connectivity index (χ2v) is 7.55. The molecule has 0 aliphatic heterocycles. The molecule has 0 aliphatic rings. The number of ether oxygens (including phenoxy) is 1. The van der Waals surface area contributed by atoms with Crippen molar-refractivity contribution in [2.45, 2.75) is 18.7 Å². The van der Waals surface area contributed by atoms with Crippen LogP contribution in [0.25, 0.3) is 0 Å². The highest BCUT2D eigenvalue weighted by atomic mass is 35.5. The van der Waals surface area contributed by atoms with E-state index >= 15 is 0 Å². The minimum absolute atomic E-state index is 0.121. The van der Waals surface area contributed by atoms with Gasteiger partial charge in [0.05, 0.1) is 22.8 Å². The molecular weight excluding hydrogens is 350 g/mol. The lowest BCUT2D eigenvalue weighted by Crippen LogP contribution is -2.27. The Hall–Kier alpha value is -2.05. The molecular formula is C17H18ClNO4S. The SMILES string of the molecule is CCOC(=O)c1ccc(C)c(N(C)S(=O)(=O)c2ccc(Cl)cc2)c1. The molecule has 0 spiro atoms. The Bertz CT molecular complexity index is 847. The topological polar surface area (TPSA) is 63.7 Å². The van der Waals surface area contributed by atoms with Gasteiger partial charge < -0.3 is 4.74 Å². The summed E-state index contributed by atoms with van der Waals surface area (Å²) in [4.78, 5) is 12.0. The lowest BCUT2D eigenvalue weighted by Gasteiger charge is -2.22. The molecule has 0 amide bonds. The summed E-state index contributed by atoms with van der Waals surface area (Å²) < 4.78 is 31.7. The van der Waals surface area contributed by atoms with Gasteiger partial charge in [-0.2, -0.15) is 0 Å². The largest absolute Gasteiger partial charge is 0.462 e. The van der Waals surface area contributed by atoms with E-state index in [2.05, 4.69) is 0 Å². The number of carbonyl (C=O) groups excluding carboxylic acids is 1. The number of hydrogen-bond acceptors (Lipinski definition) is 4. The first-order valence-corrected chi connectivity index (χ1v) is 9.11. The standard InChI is InChI=1S/C17H18ClNO4S/c1-4-23-17(20)13-6-5-12(2)16(11-13)19(3)24(21,22)15-9-7-14(18)8-10-15/h5-11H,4H2,1-3H3. The third-order valence-corrected chi connectivity index (χ3v) is 5.57. The van der Waals surface area contributed by atoms with Crippen LogP contribution in [0.1, 0.15) is 22.8 Å². The number of esters is 1. The smallest absolute Gasteiger partial charge is 0.338 e. The Kier molecular flexibility index (Phi) is 5.51. The molecule has 0 aromatic heterocycles. The molecule has 7 heteroatoms. The molecule has 2 aromatic rings. The molecule has 2 aromatic carbocycles. The van der Waals surface area contributed by atoms with Crippen molar-refractivity contribution in [3.8, 4) is 0 Å². The first-order chi connectivity index (χ1) is 11.3. The molecule has 0 fully saturated rings. The summed E-state index contributed by atoms with van der Waals surface area (Å²) in [5, 5.41) is 0.456. The van der Waals surface area contributed by atoms with Gasteiger partial charge in [-0.05, 0) is 55.8 Å². The number of sulfonamides is 1. The minimum Gasteiger partial charge on any atom is -0.462 e. The number of benzene rings is 2. The predicted molar refractivity (Wildman–Crippen MR) is 94.2 cm³/mol. The minimum atomic E-state index is -3.76. The Balaban J connectivity index is 2.44. The average molecular weight is 368 g/mol. The van der Waals surface area contributed by atoms with E-state index < -0.39 is 16.0 Å². The number of anilines is 1. The zero-order chi connectivity index (χ0) is 17.9. The maximum absolute atomic E-state index is 12.8. The van der Waals surface area contributed by atoms with Crippen molar-refractivity contribution in [1.29, 1.82) is 0 Å². The van der Waals surface area contributed by atoms with Crippen LogP contribution in [0.4, 0.5) is 5.69 Å². The Labute approximate surface area is 146 Å². The molecule has 0 saturated heterocycles. The van der Waals surface area contributed by atoms with E-state index in [0.29, 0.717) is 16.3 Å². The molecule has 24 heavy (non-hydrogen) atoms. The van der Waals surface area contributed by atoms with E-state index in [9.17, 15) is 13.2 Å². The van der Waals surface area contributed by atoms with E-state index in [1.54, 1.807) is 26.0 Å². The van der Waals surface area contributed by atoms with E-state index in [4.69, 9.17) is 16.3 Å². The van der Waals surface area contributed by atoms with Crippen molar-refractivity contribution in [2.24, 2.45) is 0 Å². The van der Waals surface area contributed by atoms with Crippen molar-refractivity contribution < 1.29 is 17.9 Å².